The van der Waals surface area contributed by atoms with E-state index < -0.39 is 23.4 Å². The maximum absolute atomic E-state index is 14.2. The number of aliphatic hydroxyl groups is 1. The lowest BCUT2D eigenvalue weighted by molar-refractivity contribution is -0.141. The number of esters is 1. The Morgan fingerprint density at radius 2 is 1.74 bits per heavy atom. The van der Waals surface area contributed by atoms with E-state index in [1.807, 2.05) is 6.07 Å². The van der Waals surface area contributed by atoms with Crippen LogP contribution in [0.3, 0.4) is 0 Å². The van der Waals surface area contributed by atoms with Crippen LogP contribution in [-0.2, 0) is 26.9 Å². The SMILES string of the molecule is COC(=O)C[C@@H]1COc2cc(O[C@@H]3CCc4c3ccc(C(F)(F)F)c4-c3ccc(OCC4(O)CCOCC4)cc3)ccc21. The summed E-state index contributed by atoms with van der Waals surface area (Å²) in [7, 11) is 1.35. The van der Waals surface area contributed by atoms with Crippen LogP contribution in [0.4, 0.5) is 13.2 Å². The van der Waals surface area contributed by atoms with E-state index in [1.54, 1.807) is 36.4 Å². The summed E-state index contributed by atoms with van der Waals surface area (Å²) in [5.41, 5.74) is 1.13. The first kappa shape index (κ1) is 29.3. The molecular formula is C33H33F3O7. The van der Waals surface area contributed by atoms with Crippen molar-refractivity contribution >= 4 is 5.97 Å². The molecule has 0 spiro atoms. The zero-order chi connectivity index (χ0) is 30.2. The van der Waals surface area contributed by atoms with Gasteiger partial charge in [-0.15, -0.1) is 0 Å². The average molecular weight is 599 g/mol. The molecule has 2 aliphatic heterocycles. The first-order valence-electron chi connectivity index (χ1n) is 14.4. The molecule has 1 aliphatic carbocycles. The van der Waals surface area contributed by atoms with Crippen LogP contribution in [-0.4, -0.2) is 50.2 Å². The van der Waals surface area contributed by atoms with Crippen LogP contribution in [0.5, 0.6) is 17.2 Å². The summed E-state index contributed by atoms with van der Waals surface area (Å²) in [4.78, 5) is 11.7. The van der Waals surface area contributed by atoms with Crippen molar-refractivity contribution in [2.75, 3.05) is 33.5 Å². The zero-order valence-corrected chi connectivity index (χ0v) is 23.7. The molecule has 0 bridgehead atoms. The van der Waals surface area contributed by atoms with Gasteiger partial charge in [0.05, 0.1) is 25.7 Å². The number of hydrogen-bond donors (Lipinski definition) is 1. The van der Waals surface area contributed by atoms with Crippen molar-refractivity contribution in [3.63, 3.8) is 0 Å². The van der Waals surface area contributed by atoms with Crippen molar-refractivity contribution in [1.29, 1.82) is 0 Å². The van der Waals surface area contributed by atoms with Gasteiger partial charge in [-0.1, -0.05) is 24.3 Å². The van der Waals surface area contributed by atoms with Gasteiger partial charge < -0.3 is 28.8 Å². The number of halogens is 3. The van der Waals surface area contributed by atoms with Gasteiger partial charge in [-0.2, -0.15) is 13.2 Å². The third-order valence-corrected chi connectivity index (χ3v) is 8.52. The molecule has 10 heteroatoms. The van der Waals surface area contributed by atoms with E-state index in [2.05, 4.69) is 0 Å². The monoisotopic (exact) mass is 598 g/mol. The summed E-state index contributed by atoms with van der Waals surface area (Å²) in [6, 6.07) is 14.6. The highest BCUT2D eigenvalue weighted by molar-refractivity contribution is 5.75. The number of carbonyl (C=O) groups excluding carboxylic acids is 1. The molecule has 6 rings (SSSR count). The van der Waals surface area contributed by atoms with Crippen LogP contribution in [0, 0.1) is 0 Å². The number of rotatable bonds is 8. The Morgan fingerprint density at radius 3 is 2.47 bits per heavy atom. The molecule has 228 valence electrons. The molecule has 0 amide bonds. The molecule has 2 heterocycles. The summed E-state index contributed by atoms with van der Waals surface area (Å²) in [6.45, 7) is 1.37. The maximum atomic E-state index is 14.2. The Balaban J connectivity index is 1.23. The van der Waals surface area contributed by atoms with Gasteiger partial charge in [0.15, 0.2) is 0 Å². The summed E-state index contributed by atoms with van der Waals surface area (Å²) < 4.78 is 70.6. The molecule has 3 aromatic carbocycles. The number of carbonyl (C=O) groups is 1. The number of methoxy groups -OCH3 is 1. The molecule has 1 saturated heterocycles. The predicted molar refractivity (Wildman–Crippen MR) is 150 cm³/mol. The molecule has 0 unspecified atom stereocenters. The molecule has 0 saturated carbocycles. The molecule has 0 aromatic heterocycles. The normalized spacial score (nSPS) is 20.6. The van der Waals surface area contributed by atoms with Crippen LogP contribution in [0.15, 0.2) is 54.6 Å². The Bertz CT molecular complexity index is 1480. The first-order chi connectivity index (χ1) is 20.6. The first-order valence-corrected chi connectivity index (χ1v) is 14.4. The van der Waals surface area contributed by atoms with Crippen molar-refractivity contribution < 1.29 is 46.8 Å². The third-order valence-electron chi connectivity index (χ3n) is 8.52. The lowest BCUT2D eigenvalue weighted by atomic mass is 9.91. The van der Waals surface area contributed by atoms with Crippen LogP contribution < -0.4 is 14.2 Å². The van der Waals surface area contributed by atoms with Gasteiger partial charge in [0.1, 0.15) is 35.6 Å². The molecule has 0 radical (unpaired) electrons. The van der Waals surface area contributed by atoms with Crippen molar-refractivity contribution in [3.05, 3.63) is 76.9 Å². The molecule has 2 atom stereocenters. The van der Waals surface area contributed by atoms with Gasteiger partial charge in [-0.3, -0.25) is 4.79 Å². The van der Waals surface area contributed by atoms with Crippen LogP contribution >= 0.6 is 0 Å². The Kier molecular flexibility index (Phi) is 8.00. The Labute approximate surface area is 247 Å². The molecule has 3 aromatic rings. The highest BCUT2D eigenvalue weighted by atomic mass is 19.4. The van der Waals surface area contributed by atoms with Crippen molar-refractivity contribution in [1.82, 2.24) is 0 Å². The van der Waals surface area contributed by atoms with Crippen LogP contribution in [0.25, 0.3) is 11.1 Å². The van der Waals surface area contributed by atoms with Gasteiger partial charge in [-0.25, -0.2) is 0 Å². The van der Waals surface area contributed by atoms with E-state index in [9.17, 15) is 23.1 Å². The standard InChI is InChI=1S/C33H33F3O7/c1-39-30(37)16-21-18-41-29-17-23(6-7-24(21)29)43-28-11-9-26-25(28)8-10-27(33(34,35)36)31(26)20-2-4-22(5-3-20)42-19-32(38)12-14-40-15-13-32/h2-8,10,17,21,28,38H,9,11-16,18-19H2,1H3/t21-,28-/m1/s1. The Hall–Kier alpha value is -3.76. The number of hydrogen-bond acceptors (Lipinski definition) is 7. The molecular weight excluding hydrogens is 565 g/mol. The lowest BCUT2D eigenvalue weighted by Crippen LogP contribution is -2.41. The van der Waals surface area contributed by atoms with Crippen molar-refractivity contribution in [2.45, 2.75) is 55.9 Å². The largest absolute Gasteiger partial charge is 0.492 e. The lowest BCUT2D eigenvalue weighted by Gasteiger charge is -2.31. The second-order valence-corrected chi connectivity index (χ2v) is 11.3. The number of benzene rings is 3. The smallest absolute Gasteiger partial charge is 0.417 e. The minimum atomic E-state index is -4.54. The summed E-state index contributed by atoms with van der Waals surface area (Å²) in [5.74, 6) is 1.23. The summed E-state index contributed by atoms with van der Waals surface area (Å²) in [6.07, 6.45) is -2.87. The average Bonchev–Trinajstić information content (AvgIpc) is 3.59. The van der Waals surface area contributed by atoms with E-state index in [-0.39, 0.29) is 30.5 Å². The van der Waals surface area contributed by atoms with E-state index in [4.69, 9.17) is 23.7 Å². The number of ether oxygens (including phenoxy) is 5. The zero-order valence-electron chi connectivity index (χ0n) is 23.7. The Morgan fingerprint density at radius 1 is 1.02 bits per heavy atom. The topological polar surface area (TPSA) is 83.5 Å². The number of fused-ring (bicyclic) bond motifs is 2. The maximum Gasteiger partial charge on any atom is 0.417 e. The van der Waals surface area contributed by atoms with Gasteiger partial charge >= 0.3 is 12.1 Å². The minimum Gasteiger partial charge on any atom is -0.492 e. The van der Waals surface area contributed by atoms with Crippen molar-refractivity contribution in [2.24, 2.45) is 0 Å². The van der Waals surface area contributed by atoms with E-state index >= 15 is 0 Å². The van der Waals surface area contributed by atoms with Gasteiger partial charge in [-0.05, 0) is 59.4 Å². The van der Waals surface area contributed by atoms with E-state index in [0.717, 1.165) is 17.2 Å². The quantitative estimate of drug-likeness (QED) is 0.301. The fraction of sp³-hybridized carbons (Fsp3) is 0.424. The molecule has 3 aliphatic rings. The number of alkyl halides is 3. The highest BCUT2D eigenvalue weighted by Gasteiger charge is 2.38. The predicted octanol–water partition coefficient (Wildman–Crippen LogP) is 6.40. The van der Waals surface area contributed by atoms with E-state index in [0.29, 0.717) is 73.9 Å². The van der Waals surface area contributed by atoms with Gasteiger partial charge in [0, 0.05) is 43.6 Å². The second kappa shape index (κ2) is 11.7. The van der Waals surface area contributed by atoms with Crippen LogP contribution in [0.2, 0.25) is 0 Å². The molecule has 1 N–H and O–H groups in total. The van der Waals surface area contributed by atoms with E-state index in [1.165, 1.54) is 13.2 Å². The summed E-state index contributed by atoms with van der Waals surface area (Å²) in [5, 5.41) is 10.7. The molecule has 43 heavy (non-hydrogen) atoms. The van der Waals surface area contributed by atoms with Gasteiger partial charge in [0.2, 0.25) is 0 Å². The fourth-order valence-corrected chi connectivity index (χ4v) is 6.13. The highest BCUT2D eigenvalue weighted by Crippen LogP contribution is 2.47. The van der Waals surface area contributed by atoms with Crippen LogP contribution in [0.1, 0.15) is 60.0 Å². The fourth-order valence-electron chi connectivity index (χ4n) is 6.13. The molecule has 1 fully saturated rings. The van der Waals surface area contributed by atoms with Crippen molar-refractivity contribution in [3.8, 4) is 28.4 Å². The van der Waals surface area contributed by atoms with Gasteiger partial charge in [0.25, 0.3) is 0 Å². The second-order valence-electron chi connectivity index (χ2n) is 11.3. The summed E-state index contributed by atoms with van der Waals surface area (Å²) >= 11 is 0. The molecule has 7 nitrogen and oxygen atoms in total. The minimum absolute atomic E-state index is 0.0862. The third kappa shape index (κ3) is 6.17.